The molecule has 0 saturated heterocycles. The highest BCUT2D eigenvalue weighted by atomic mass is 79.9. The highest BCUT2D eigenvalue weighted by molar-refractivity contribution is 9.10. The number of aryl methyl sites for hydroxylation is 1. The van der Waals surface area contributed by atoms with Gasteiger partial charge in [-0.3, -0.25) is 0 Å². The first kappa shape index (κ1) is 14.4. The molecule has 1 aromatic heterocycles. The number of rotatable bonds is 3. The third-order valence-electron chi connectivity index (χ3n) is 2.43. The Hall–Kier alpha value is -1.04. The third kappa shape index (κ3) is 3.49. The quantitative estimate of drug-likeness (QED) is 0.867. The van der Waals surface area contributed by atoms with Crippen molar-refractivity contribution in [1.82, 2.24) is 4.98 Å². The van der Waals surface area contributed by atoms with Crippen LogP contribution >= 0.6 is 39.3 Å². The minimum absolute atomic E-state index is 0.290. The van der Waals surface area contributed by atoms with Gasteiger partial charge >= 0.3 is 5.97 Å². The second-order valence-electron chi connectivity index (χ2n) is 3.82. The fourth-order valence-corrected chi connectivity index (χ4v) is 3.03. The molecule has 2 aromatic rings. The Morgan fingerprint density at radius 2 is 2.16 bits per heavy atom. The van der Waals surface area contributed by atoms with E-state index in [1.807, 2.05) is 6.07 Å². The summed E-state index contributed by atoms with van der Waals surface area (Å²) in [4.78, 5) is 16.1. The number of benzene rings is 1. The average Bonchev–Trinajstić information content (AvgIpc) is 2.34. The van der Waals surface area contributed by atoms with E-state index in [0.29, 0.717) is 15.6 Å². The molecular formula is C13H9BrClNO2S. The number of carboxylic acids is 1. The smallest absolute Gasteiger partial charge is 0.335 e. The van der Waals surface area contributed by atoms with Crippen molar-refractivity contribution < 1.29 is 9.90 Å². The van der Waals surface area contributed by atoms with Crippen molar-refractivity contribution in [2.24, 2.45) is 0 Å². The molecule has 2 rings (SSSR count). The molecule has 6 heteroatoms. The summed E-state index contributed by atoms with van der Waals surface area (Å²) in [5, 5.41) is 10.3. The van der Waals surface area contributed by atoms with Crippen LogP contribution < -0.4 is 0 Å². The van der Waals surface area contributed by atoms with Crippen molar-refractivity contribution in [3.63, 3.8) is 0 Å². The number of aromatic nitrogens is 1. The molecule has 0 spiro atoms. The van der Waals surface area contributed by atoms with Crippen LogP contribution in [0.15, 0.2) is 44.9 Å². The van der Waals surface area contributed by atoms with E-state index in [-0.39, 0.29) is 0 Å². The summed E-state index contributed by atoms with van der Waals surface area (Å²) < 4.78 is 0.803. The van der Waals surface area contributed by atoms with Crippen molar-refractivity contribution in [3.8, 4) is 0 Å². The van der Waals surface area contributed by atoms with Gasteiger partial charge in [0.2, 0.25) is 0 Å². The fourth-order valence-electron chi connectivity index (χ4n) is 1.48. The monoisotopic (exact) mass is 357 g/mol. The first-order valence-corrected chi connectivity index (χ1v) is 7.29. The first-order chi connectivity index (χ1) is 8.97. The second kappa shape index (κ2) is 5.94. The van der Waals surface area contributed by atoms with Gasteiger partial charge in [-0.25, -0.2) is 9.78 Å². The van der Waals surface area contributed by atoms with Crippen LogP contribution in [-0.4, -0.2) is 16.1 Å². The zero-order valence-electron chi connectivity index (χ0n) is 9.85. The Morgan fingerprint density at radius 1 is 1.42 bits per heavy atom. The lowest BCUT2D eigenvalue weighted by molar-refractivity contribution is 0.0696. The lowest BCUT2D eigenvalue weighted by Gasteiger charge is -2.06. The number of hydrogen-bond acceptors (Lipinski definition) is 3. The maximum atomic E-state index is 11.1. The van der Waals surface area contributed by atoms with E-state index in [2.05, 4.69) is 20.9 Å². The predicted octanol–water partition coefficient (Wildman–Crippen LogP) is 4.66. The molecule has 0 atom stereocenters. The van der Waals surface area contributed by atoms with Gasteiger partial charge in [0, 0.05) is 15.6 Å². The van der Waals surface area contributed by atoms with E-state index in [4.69, 9.17) is 16.7 Å². The van der Waals surface area contributed by atoms with Crippen molar-refractivity contribution >= 4 is 45.3 Å². The summed E-state index contributed by atoms with van der Waals surface area (Å²) in [5.41, 5.74) is 1.02. The van der Waals surface area contributed by atoms with Gasteiger partial charge in [-0.2, -0.15) is 0 Å². The van der Waals surface area contributed by atoms with Gasteiger partial charge in [-0.15, -0.1) is 0 Å². The number of carboxylic acid groups (broad SMARTS) is 1. The molecule has 0 saturated carbocycles. The summed E-state index contributed by atoms with van der Waals surface area (Å²) >= 11 is 10.7. The van der Waals surface area contributed by atoms with Crippen LogP contribution in [-0.2, 0) is 0 Å². The van der Waals surface area contributed by atoms with Crippen molar-refractivity contribution in [3.05, 3.63) is 51.1 Å². The van der Waals surface area contributed by atoms with Crippen LogP contribution in [0.3, 0.4) is 0 Å². The Labute approximate surface area is 128 Å². The lowest BCUT2D eigenvalue weighted by Crippen LogP contribution is -1.99. The van der Waals surface area contributed by atoms with E-state index >= 15 is 0 Å². The molecule has 0 radical (unpaired) electrons. The number of pyridine rings is 1. The van der Waals surface area contributed by atoms with Gasteiger partial charge in [0.15, 0.2) is 0 Å². The number of halogens is 2. The summed E-state index contributed by atoms with van der Waals surface area (Å²) in [6.07, 6.45) is 1.65. The molecule has 3 nitrogen and oxygen atoms in total. The van der Waals surface area contributed by atoms with Crippen LogP contribution in [0.25, 0.3) is 0 Å². The second-order valence-corrected chi connectivity index (χ2v) is 6.21. The molecule has 1 aromatic carbocycles. The third-order valence-corrected chi connectivity index (χ3v) is 4.27. The molecule has 0 unspecified atom stereocenters. The largest absolute Gasteiger partial charge is 0.478 e. The zero-order valence-corrected chi connectivity index (χ0v) is 13.0. The van der Waals surface area contributed by atoms with Gasteiger partial charge in [0.25, 0.3) is 0 Å². The Bertz CT molecular complexity index is 649. The van der Waals surface area contributed by atoms with Crippen molar-refractivity contribution in [2.45, 2.75) is 16.8 Å². The molecule has 0 fully saturated rings. The van der Waals surface area contributed by atoms with Gasteiger partial charge in [-0.05, 0) is 46.6 Å². The highest BCUT2D eigenvalue weighted by Gasteiger charge is 2.10. The number of aromatic carboxylic acids is 1. The van der Waals surface area contributed by atoms with Gasteiger partial charge in [0.05, 0.1) is 10.6 Å². The summed E-state index contributed by atoms with van der Waals surface area (Å²) in [6, 6.07) is 7.01. The molecule has 0 bridgehead atoms. The van der Waals surface area contributed by atoms with E-state index in [1.165, 1.54) is 11.8 Å². The molecule has 0 aliphatic rings. The number of hydrogen-bond donors (Lipinski definition) is 1. The molecule has 1 heterocycles. The Balaban J connectivity index is 2.33. The minimum Gasteiger partial charge on any atom is -0.478 e. The van der Waals surface area contributed by atoms with Crippen LogP contribution in [0, 0.1) is 6.92 Å². The minimum atomic E-state index is -0.935. The number of nitrogens with zero attached hydrogens (tertiary/aromatic N) is 1. The predicted molar refractivity (Wildman–Crippen MR) is 79.2 cm³/mol. The molecule has 0 amide bonds. The fraction of sp³-hybridized carbons (Fsp3) is 0.0769. The van der Waals surface area contributed by atoms with Gasteiger partial charge in [0.1, 0.15) is 5.03 Å². The normalized spacial score (nSPS) is 10.5. The molecule has 98 valence electrons. The van der Waals surface area contributed by atoms with Crippen LogP contribution in [0.4, 0.5) is 0 Å². The van der Waals surface area contributed by atoms with E-state index in [1.54, 1.807) is 31.3 Å². The number of carbonyl (C=O) groups is 1. The maximum Gasteiger partial charge on any atom is 0.335 e. The van der Waals surface area contributed by atoms with Gasteiger partial charge < -0.3 is 5.11 Å². The molecule has 19 heavy (non-hydrogen) atoms. The topological polar surface area (TPSA) is 50.2 Å². The van der Waals surface area contributed by atoms with Crippen LogP contribution in [0.5, 0.6) is 0 Å². The summed E-state index contributed by atoms with van der Waals surface area (Å²) in [6.45, 7) is 1.77. The van der Waals surface area contributed by atoms with Crippen LogP contribution in [0.2, 0.25) is 5.02 Å². The first-order valence-electron chi connectivity index (χ1n) is 5.30. The van der Waals surface area contributed by atoms with E-state index < -0.39 is 5.97 Å². The van der Waals surface area contributed by atoms with Crippen molar-refractivity contribution in [1.29, 1.82) is 0 Å². The summed E-state index contributed by atoms with van der Waals surface area (Å²) in [5.74, 6) is -0.935. The van der Waals surface area contributed by atoms with Crippen molar-refractivity contribution in [2.75, 3.05) is 0 Å². The summed E-state index contributed by atoms with van der Waals surface area (Å²) in [7, 11) is 0. The molecular weight excluding hydrogens is 350 g/mol. The average molecular weight is 359 g/mol. The Morgan fingerprint density at radius 3 is 2.79 bits per heavy atom. The standard InChI is InChI=1S/C13H9BrClNO2S/c1-7-2-3-9(5-10(7)13(17)18)19-12-11(15)4-8(14)6-16-12/h2-6H,1H3,(H,17,18). The SMILES string of the molecule is Cc1ccc(Sc2ncc(Br)cc2Cl)cc1C(=O)O. The maximum absolute atomic E-state index is 11.1. The zero-order chi connectivity index (χ0) is 14.0. The van der Waals surface area contributed by atoms with E-state index in [9.17, 15) is 4.79 Å². The molecule has 1 N–H and O–H groups in total. The lowest BCUT2D eigenvalue weighted by atomic mass is 10.1. The molecule has 0 aliphatic carbocycles. The highest BCUT2D eigenvalue weighted by Crippen LogP contribution is 2.33. The van der Waals surface area contributed by atoms with E-state index in [0.717, 1.165) is 14.9 Å². The van der Waals surface area contributed by atoms with Gasteiger partial charge in [-0.1, -0.05) is 29.4 Å². The Kier molecular flexibility index (Phi) is 4.50. The van der Waals surface area contributed by atoms with Crippen LogP contribution in [0.1, 0.15) is 15.9 Å². The molecule has 0 aliphatic heterocycles.